The highest BCUT2D eigenvalue weighted by atomic mass is 16.5. The van der Waals surface area contributed by atoms with Gasteiger partial charge in [0, 0.05) is 38.3 Å². The van der Waals surface area contributed by atoms with Gasteiger partial charge in [0.1, 0.15) is 11.5 Å². The van der Waals surface area contributed by atoms with E-state index in [0.29, 0.717) is 12.0 Å². The first kappa shape index (κ1) is 21.2. The van der Waals surface area contributed by atoms with Gasteiger partial charge in [-0.1, -0.05) is 18.2 Å². The van der Waals surface area contributed by atoms with Crippen LogP contribution in [-0.4, -0.2) is 58.0 Å². The van der Waals surface area contributed by atoms with Crippen molar-refractivity contribution in [2.24, 2.45) is 0 Å². The van der Waals surface area contributed by atoms with Crippen LogP contribution in [0.5, 0.6) is 11.5 Å². The smallest absolute Gasteiger partial charge is 0.119 e. The van der Waals surface area contributed by atoms with Crippen LogP contribution < -0.4 is 14.8 Å². The molecule has 0 aromatic heterocycles. The minimum atomic E-state index is 0.377. The summed E-state index contributed by atoms with van der Waals surface area (Å²) in [6.07, 6.45) is 3.26. The molecule has 2 heterocycles. The second kappa shape index (κ2) is 10.3. The van der Waals surface area contributed by atoms with Crippen molar-refractivity contribution in [3.05, 3.63) is 59.2 Å². The molecule has 4 rings (SSSR count). The number of benzene rings is 2. The first-order chi connectivity index (χ1) is 14.7. The van der Waals surface area contributed by atoms with E-state index in [0.717, 1.165) is 70.2 Å². The average molecular weight is 411 g/mol. The fourth-order valence-electron chi connectivity index (χ4n) is 4.51. The maximum absolute atomic E-state index is 6.07. The molecule has 1 saturated heterocycles. The van der Waals surface area contributed by atoms with E-state index in [1.165, 1.54) is 16.7 Å². The normalized spacial score (nSPS) is 20.0. The zero-order valence-corrected chi connectivity index (χ0v) is 18.2. The molecule has 1 unspecified atom stereocenters. The monoisotopic (exact) mass is 410 g/mol. The van der Waals surface area contributed by atoms with E-state index in [4.69, 9.17) is 14.2 Å². The highest BCUT2D eigenvalue weighted by Gasteiger charge is 2.25. The van der Waals surface area contributed by atoms with Gasteiger partial charge in [-0.25, -0.2) is 0 Å². The molecule has 0 aliphatic carbocycles. The van der Waals surface area contributed by atoms with Crippen LogP contribution >= 0.6 is 0 Å². The van der Waals surface area contributed by atoms with E-state index in [2.05, 4.69) is 59.7 Å². The summed E-state index contributed by atoms with van der Waals surface area (Å²) < 4.78 is 16.8. The van der Waals surface area contributed by atoms with Crippen molar-refractivity contribution < 1.29 is 14.2 Å². The van der Waals surface area contributed by atoms with Crippen molar-refractivity contribution in [3.8, 4) is 11.5 Å². The van der Waals surface area contributed by atoms with Crippen LogP contribution in [0, 0.1) is 0 Å². The van der Waals surface area contributed by atoms with Gasteiger partial charge in [-0.05, 0) is 73.8 Å². The molecular weight excluding hydrogens is 376 g/mol. The molecule has 0 bridgehead atoms. The Hall–Kier alpha value is -2.08. The molecule has 162 valence electrons. The minimum absolute atomic E-state index is 0.377. The number of nitrogens with one attached hydrogen (secondary N) is 1. The second-order valence-electron chi connectivity index (χ2n) is 8.43. The Morgan fingerprint density at radius 3 is 2.60 bits per heavy atom. The molecule has 0 saturated carbocycles. The number of ether oxygens (including phenoxy) is 3. The maximum Gasteiger partial charge on any atom is 0.119 e. The van der Waals surface area contributed by atoms with Crippen molar-refractivity contribution in [1.29, 1.82) is 0 Å². The van der Waals surface area contributed by atoms with Gasteiger partial charge < -0.3 is 24.4 Å². The van der Waals surface area contributed by atoms with E-state index in [1.54, 1.807) is 7.11 Å². The first-order valence-electron chi connectivity index (χ1n) is 11.1. The zero-order chi connectivity index (χ0) is 20.8. The van der Waals surface area contributed by atoms with Crippen LogP contribution in [0.2, 0.25) is 0 Å². The zero-order valence-electron chi connectivity index (χ0n) is 18.2. The lowest BCUT2D eigenvalue weighted by molar-refractivity contribution is 0.0777. The summed E-state index contributed by atoms with van der Waals surface area (Å²) in [5.74, 6) is 2.25. The third-order valence-electron chi connectivity index (χ3n) is 6.19. The van der Waals surface area contributed by atoms with Crippen molar-refractivity contribution in [3.63, 3.8) is 0 Å². The Labute approximate surface area is 180 Å². The minimum Gasteiger partial charge on any atom is -0.497 e. The summed E-state index contributed by atoms with van der Waals surface area (Å²) in [6, 6.07) is 15.7. The SMILES string of the molecule is COc1ccc(C2CN(C)Cc3cc(OCCCNC4CCOCC4)ccc32)cc1. The molecule has 2 aliphatic heterocycles. The Bertz CT molecular complexity index is 803. The molecule has 1 N–H and O–H groups in total. The fourth-order valence-corrected chi connectivity index (χ4v) is 4.51. The molecule has 0 radical (unpaired) electrons. The van der Waals surface area contributed by atoms with Gasteiger partial charge in [0.2, 0.25) is 0 Å². The third-order valence-corrected chi connectivity index (χ3v) is 6.19. The predicted molar refractivity (Wildman–Crippen MR) is 120 cm³/mol. The molecular formula is C25H34N2O3. The molecule has 2 aromatic carbocycles. The van der Waals surface area contributed by atoms with Crippen LogP contribution in [0.25, 0.3) is 0 Å². The van der Waals surface area contributed by atoms with E-state index in [1.807, 2.05) is 0 Å². The summed E-state index contributed by atoms with van der Waals surface area (Å²) in [5, 5.41) is 3.62. The van der Waals surface area contributed by atoms with Gasteiger partial charge in [-0.2, -0.15) is 0 Å². The highest BCUT2D eigenvalue weighted by molar-refractivity contribution is 5.45. The number of likely N-dealkylation sites (N-methyl/N-ethyl adjacent to an activating group) is 1. The topological polar surface area (TPSA) is 43.0 Å². The molecule has 1 fully saturated rings. The van der Waals surface area contributed by atoms with Gasteiger partial charge in [-0.15, -0.1) is 0 Å². The van der Waals surface area contributed by atoms with E-state index in [9.17, 15) is 0 Å². The predicted octanol–water partition coefficient (Wildman–Crippen LogP) is 3.81. The molecule has 5 nitrogen and oxygen atoms in total. The van der Waals surface area contributed by atoms with E-state index in [-0.39, 0.29) is 0 Å². The van der Waals surface area contributed by atoms with E-state index >= 15 is 0 Å². The third kappa shape index (κ3) is 5.34. The largest absolute Gasteiger partial charge is 0.497 e. The lowest BCUT2D eigenvalue weighted by Crippen LogP contribution is -2.35. The quantitative estimate of drug-likeness (QED) is 0.671. The van der Waals surface area contributed by atoms with E-state index < -0.39 is 0 Å². The van der Waals surface area contributed by atoms with Gasteiger partial charge in [0.15, 0.2) is 0 Å². The number of rotatable bonds is 8. The van der Waals surface area contributed by atoms with Crippen LogP contribution in [0.15, 0.2) is 42.5 Å². The van der Waals surface area contributed by atoms with Gasteiger partial charge >= 0.3 is 0 Å². The van der Waals surface area contributed by atoms with Crippen molar-refractivity contribution >= 4 is 0 Å². The highest BCUT2D eigenvalue weighted by Crippen LogP contribution is 2.35. The molecule has 2 aromatic rings. The molecule has 5 heteroatoms. The van der Waals surface area contributed by atoms with Crippen molar-refractivity contribution in [1.82, 2.24) is 10.2 Å². The summed E-state index contributed by atoms with van der Waals surface area (Å²) in [7, 11) is 3.90. The van der Waals surface area contributed by atoms with Gasteiger partial charge in [0.05, 0.1) is 13.7 Å². The molecule has 1 atom stereocenters. The number of methoxy groups -OCH3 is 1. The summed E-state index contributed by atoms with van der Waals surface area (Å²) in [4.78, 5) is 2.39. The number of hydrogen-bond acceptors (Lipinski definition) is 5. The lowest BCUT2D eigenvalue weighted by Gasteiger charge is -2.33. The summed E-state index contributed by atoms with van der Waals surface area (Å²) >= 11 is 0. The fraction of sp³-hybridized carbons (Fsp3) is 0.520. The summed E-state index contributed by atoms with van der Waals surface area (Å²) in [6.45, 7) is 5.50. The standard InChI is InChI=1S/C25H34N2O3/c1-27-17-20-16-23(30-13-3-12-26-21-10-14-29-15-11-21)8-9-24(20)25(18-27)19-4-6-22(28-2)7-5-19/h4-9,16,21,25-26H,3,10-15,17-18H2,1-2H3. The lowest BCUT2D eigenvalue weighted by atomic mass is 9.84. The Morgan fingerprint density at radius 2 is 1.83 bits per heavy atom. The van der Waals surface area contributed by atoms with Gasteiger partial charge in [0.25, 0.3) is 0 Å². The Morgan fingerprint density at radius 1 is 1.07 bits per heavy atom. The van der Waals surface area contributed by atoms with Crippen LogP contribution in [0.3, 0.4) is 0 Å². The van der Waals surface area contributed by atoms with Crippen molar-refractivity contribution in [2.45, 2.75) is 37.8 Å². The maximum atomic E-state index is 6.07. The Kier molecular flexibility index (Phi) is 7.26. The molecule has 0 spiro atoms. The van der Waals surface area contributed by atoms with Crippen LogP contribution in [-0.2, 0) is 11.3 Å². The number of nitrogens with zero attached hydrogens (tertiary/aromatic N) is 1. The number of hydrogen-bond donors (Lipinski definition) is 1. The molecule has 30 heavy (non-hydrogen) atoms. The van der Waals surface area contributed by atoms with Crippen LogP contribution in [0.4, 0.5) is 0 Å². The average Bonchev–Trinajstić information content (AvgIpc) is 2.79. The van der Waals surface area contributed by atoms with Gasteiger partial charge in [-0.3, -0.25) is 0 Å². The summed E-state index contributed by atoms with van der Waals surface area (Å²) in [5.41, 5.74) is 4.10. The molecule has 0 amide bonds. The second-order valence-corrected chi connectivity index (χ2v) is 8.43. The Balaban J connectivity index is 1.34. The first-order valence-corrected chi connectivity index (χ1v) is 11.1. The van der Waals surface area contributed by atoms with Crippen molar-refractivity contribution in [2.75, 3.05) is 47.1 Å². The van der Waals surface area contributed by atoms with Crippen LogP contribution in [0.1, 0.15) is 41.9 Å². The number of fused-ring (bicyclic) bond motifs is 1. The molecule has 2 aliphatic rings.